The van der Waals surface area contributed by atoms with Crippen LogP contribution in [0.1, 0.15) is 41.0 Å². The van der Waals surface area contributed by atoms with Gasteiger partial charge in [0.15, 0.2) is 0 Å². The van der Waals surface area contributed by atoms with Gasteiger partial charge in [0.25, 0.3) is 5.91 Å². The molecule has 0 unspecified atom stereocenters. The minimum atomic E-state index is -0.186. The summed E-state index contributed by atoms with van der Waals surface area (Å²) in [5, 5.41) is 13.8. The maximum Gasteiger partial charge on any atom is 0.258 e. The van der Waals surface area contributed by atoms with Gasteiger partial charge >= 0.3 is 0 Å². The van der Waals surface area contributed by atoms with E-state index in [1.165, 1.54) is 37.0 Å². The van der Waals surface area contributed by atoms with Crippen molar-refractivity contribution >= 4 is 33.3 Å². The Morgan fingerprint density at radius 1 is 1.00 bits per heavy atom. The highest BCUT2D eigenvalue weighted by atomic mass is 32.1. The number of amides is 1. The summed E-state index contributed by atoms with van der Waals surface area (Å²) in [6, 6.07) is 19.5. The largest absolute Gasteiger partial charge is 0.296 e. The molecule has 0 saturated heterocycles. The van der Waals surface area contributed by atoms with Crippen LogP contribution in [0.3, 0.4) is 0 Å². The Hall–Kier alpha value is -3.12. The molecular formula is C24H22N4OS. The van der Waals surface area contributed by atoms with E-state index in [4.69, 9.17) is 4.98 Å². The van der Waals surface area contributed by atoms with Crippen LogP contribution in [-0.2, 0) is 6.42 Å². The lowest BCUT2D eigenvalue weighted by Crippen LogP contribution is -2.13. The average molecular weight is 415 g/mol. The van der Waals surface area contributed by atoms with Gasteiger partial charge in [0.1, 0.15) is 5.01 Å². The van der Waals surface area contributed by atoms with Crippen molar-refractivity contribution in [1.29, 1.82) is 0 Å². The van der Waals surface area contributed by atoms with Gasteiger partial charge in [-0.05, 0) is 18.1 Å². The zero-order valence-electron chi connectivity index (χ0n) is 16.5. The number of hydrogen-bond donors (Lipinski definition) is 1. The number of fused-ring (bicyclic) bond motifs is 1. The number of aromatic nitrogens is 3. The summed E-state index contributed by atoms with van der Waals surface area (Å²) in [6.45, 7) is 0. The Morgan fingerprint density at radius 3 is 2.60 bits per heavy atom. The van der Waals surface area contributed by atoms with E-state index in [1.807, 2.05) is 60.7 Å². The van der Waals surface area contributed by atoms with Gasteiger partial charge < -0.3 is 0 Å². The standard InChI is InChI=1S/C24H22N4OS/c29-23(26-24-28-27-22(30-24)14-16-8-4-5-9-16)19-15-21(17-10-2-1-3-11-17)25-20-13-7-6-12-18(19)20/h1-3,6-7,10-13,15-16H,4-5,8-9,14H2,(H,26,28,29). The van der Waals surface area contributed by atoms with Crippen LogP contribution in [0.25, 0.3) is 22.2 Å². The fraction of sp³-hybridized carbons (Fsp3) is 0.250. The fourth-order valence-corrected chi connectivity index (χ4v) is 4.98. The van der Waals surface area contributed by atoms with Gasteiger partial charge in [-0.2, -0.15) is 0 Å². The number of para-hydroxylation sites is 1. The van der Waals surface area contributed by atoms with E-state index in [1.54, 1.807) is 0 Å². The highest BCUT2D eigenvalue weighted by molar-refractivity contribution is 7.15. The van der Waals surface area contributed by atoms with Crippen LogP contribution in [0, 0.1) is 5.92 Å². The first-order valence-electron chi connectivity index (χ1n) is 10.4. The molecule has 0 atom stereocenters. The molecule has 1 fully saturated rings. The molecule has 0 spiro atoms. The van der Waals surface area contributed by atoms with Crippen LogP contribution >= 0.6 is 11.3 Å². The van der Waals surface area contributed by atoms with Crippen molar-refractivity contribution < 1.29 is 4.79 Å². The van der Waals surface area contributed by atoms with Gasteiger partial charge in [0.2, 0.25) is 5.13 Å². The number of benzene rings is 2. The normalized spacial score (nSPS) is 14.3. The Labute approximate surface area is 179 Å². The smallest absolute Gasteiger partial charge is 0.258 e. The zero-order valence-corrected chi connectivity index (χ0v) is 17.4. The summed E-state index contributed by atoms with van der Waals surface area (Å²) in [6.07, 6.45) is 6.13. The second kappa shape index (κ2) is 8.32. The van der Waals surface area contributed by atoms with Crippen LogP contribution in [0.2, 0.25) is 0 Å². The molecule has 5 nitrogen and oxygen atoms in total. The molecule has 0 radical (unpaired) electrons. The topological polar surface area (TPSA) is 67.8 Å². The van der Waals surface area contributed by atoms with Crippen LogP contribution in [-0.4, -0.2) is 21.1 Å². The predicted octanol–water partition coefficient (Wildman–Crippen LogP) is 5.74. The van der Waals surface area contributed by atoms with Crippen LogP contribution in [0.5, 0.6) is 0 Å². The van der Waals surface area contributed by atoms with E-state index in [9.17, 15) is 4.79 Å². The highest BCUT2D eigenvalue weighted by Crippen LogP contribution is 2.30. The third-order valence-electron chi connectivity index (χ3n) is 5.66. The molecule has 2 heterocycles. The van der Waals surface area contributed by atoms with E-state index in [2.05, 4.69) is 15.5 Å². The maximum atomic E-state index is 13.2. The summed E-state index contributed by atoms with van der Waals surface area (Å²) in [5.41, 5.74) is 3.14. The monoisotopic (exact) mass is 414 g/mol. The molecule has 5 rings (SSSR count). The number of nitrogens with zero attached hydrogens (tertiary/aromatic N) is 3. The van der Waals surface area contributed by atoms with Gasteiger partial charge in [0, 0.05) is 17.4 Å². The number of nitrogens with one attached hydrogen (secondary N) is 1. The van der Waals surface area contributed by atoms with Crippen molar-refractivity contribution in [3.63, 3.8) is 0 Å². The van der Waals surface area contributed by atoms with E-state index in [0.29, 0.717) is 16.6 Å². The molecule has 1 amide bonds. The molecule has 1 saturated carbocycles. The first kappa shape index (κ1) is 18.9. The first-order chi connectivity index (χ1) is 14.8. The van der Waals surface area contributed by atoms with Crippen molar-refractivity contribution in [1.82, 2.24) is 15.2 Å². The van der Waals surface area contributed by atoms with E-state index in [-0.39, 0.29) is 5.91 Å². The van der Waals surface area contributed by atoms with E-state index in [0.717, 1.165) is 33.6 Å². The third-order valence-corrected chi connectivity index (χ3v) is 6.52. The van der Waals surface area contributed by atoms with Gasteiger partial charge in [-0.1, -0.05) is 85.6 Å². The molecule has 150 valence electrons. The Balaban J connectivity index is 1.43. The molecule has 4 aromatic rings. The van der Waals surface area contributed by atoms with Crippen molar-refractivity contribution in [3.05, 3.63) is 71.2 Å². The summed E-state index contributed by atoms with van der Waals surface area (Å²) in [7, 11) is 0. The van der Waals surface area contributed by atoms with Gasteiger partial charge in [-0.25, -0.2) is 4.98 Å². The number of anilines is 1. The maximum absolute atomic E-state index is 13.2. The number of carbonyl (C=O) groups is 1. The average Bonchev–Trinajstić information content (AvgIpc) is 3.46. The van der Waals surface area contributed by atoms with Crippen molar-refractivity contribution in [2.45, 2.75) is 32.1 Å². The van der Waals surface area contributed by atoms with Crippen molar-refractivity contribution in [3.8, 4) is 11.3 Å². The SMILES string of the molecule is O=C(Nc1nnc(CC2CCCC2)s1)c1cc(-c2ccccc2)nc2ccccc12. The number of pyridine rings is 1. The van der Waals surface area contributed by atoms with Crippen LogP contribution in [0.4, 0.5) is 5.13 Å². The number of hydrogen-bond acceptors (Lipinski definition) is 5. The molecule has 2 aromatic carbocycles. The molecule has 0 bridgehead atoms. The minimum absolute atomic E-state index is 0.186. The van der Waals surface area contributed by atoms with E-state index < -0.39 is 0 Å². The number of carbonyl (C=O) groups excluding carboxylic acids is 1. The Morgan fingerprint density at radius 2 is 1.77 bits per heavy atom. The lowest BCUT2D eigenvalue weighted by molar-refractivity contribution is 0.102. The fourth-order valence-electron chi connectivity index (χ4n) is 4.13. The second-order valence-corrected chi connectivity index (χ2v) is 8.81. The molecule has 1 N–H and O–H groups in total. The summed E-state index contributed by atoms with van der Waals surface area (Å²) in [5.74, 6) is 0.522. The minimum Gasteiger partial charge on any atom is -0.296 e. The first-order valence-corrected chi connectivity index (χ1v) is 11.2. The predicted molar refractivity (Wildman–Crippen MR) is 121 cm³/mol. The molecule has 0 aliphatic heterocycles. The molecule has 1 aliphatic carbocycles. The van der Waals surface area contributed by atoms with Gasteiger partial charge in [0.05, 0.1) is 16.8 Å². The second-order valence-electron chi connectivity index (χ2n) is 7.75. The summed E-state index contributed by atoms with van der Waals surface area (Å²) < 4.78 is 0. The quantitative estimate of drug-likeness (QED) is 0.452. The molecule has 6 heteroatoms. The van der Waals surface area contributed by atoms with Crippen LogP contribution < -0.4 is 5.32 Å². The third kappa shape index (κ3) is 3.96. The zero-order chi connectivity index (χ0) is 20.3. The molecular weight excluding hydrogens is 392 g/mol. The van der Waals surface area contributed by atoms with E-state index >= 15 is 0 Å². The molecule has 30 heavy (non-hydrogen) atoms. The number of rotatable bonds is 5. The molecule has 1 aliphatic rings. The van der Waals surface area contributed by atoms with Gasteiger partial charge in [-0.3, -0.25) is 10.1 Å². The Bertz CT molecular complexity index is 1180. The lowest BCUT2D eigenvalue weighted by Gasteiger charge is -2.09. The van der Waals surface area contributed by atoms with Gasteiger partial charge in [-0.15, -0.1) is 10.2 Å². The van der Waals surface area contributed by atoms with Crippen molar-refractivity contribution in [2.24, 2.45) is 5.92 Å². The van der Waals surface area contributed by atoms with Crippen molar-refractivity contribution in [2.75, 3.05) is 5.32 Å². The Kier molecular flexibility index (Phi) is 5.24. The lowest BCUT2D eigenvalue weighted by atomic mass is 10.0. The molecule has 2 aromatic heterocycles. The van der Waals surface area contributed by atoms with Crippen LogP contribution in [0.15, 0.2) is 60.7 Å². The summed E-state index contributed by atoms with van der Waals surface area (Å²) >= 11 is 1.48. The highest BCUT2D eigenvalue weighted by Gasteiger charge is 2.19. The summed E-state index contributed by atoms with van der Waals surface area (Å²) in [4.78, 5) is 17.9.